The predicted molar refractivity (Wildman–Crippen MR) is 118 cm³/mol. The number of ether oxygens (including phenoxy) is 1. The lowest BCUT2D eigenvalue weighted by atomic mass is 9.96. The molecule has 4 nitrogen and oxygen atoms in total. The second-order valence-electron chi connectivity index (χ2n) is 7.87. The summed E-state index contributed by atoms with van der Waals surface area (Å²) in [6.07, 6.45) is -2.19. The van der Waals surface area contributed by atoms with Crippen molar-refractivity contribution in [1.29, 1.82) is 0 Å². The number of benzene rings is 2. The minimum absolute atomic E-state index is 0.0759. The van der Waals surface area contributed by atoms with Crippen LogP contribution in [0.15, 0.2) is 60.8 Å². The zero-order valence-electron chi connectivity index (χ0n) is 17.8. The molecule has 3 aromatic rings. The van der Waals surface area contributed by atoms with Crippen LogP contribution in [0.1, 0.15) is 30.0 Å². The van der Waals surface area contributed by atoms with Gasteiger partial charge < -0.3 is 14.7 Å². The molecule has 0 radical (unpaired) electrons. The number of rotatable bonds is 6. The Balaban J connectivity index is 1.52. The second kappa shape index (κ2) is 9.20. The van der Waals surface area contributed by atoms with Crippen LogP contribution < -0.4 is 9.64 Å². The first-order valence-electron chi connectivity index (χ1n) is 10.7. The lowest BCUT2D eigenvalue weighted by Gasteiger charge is -2.23. The van der Waals surface area contributed by atoms with Gasteiger partial charge in [0.15, 0.2) is 0 Å². The predicted octanol–water partition coefficient (Wildman–Crippen LogP) is 5.48. The lowest BCUT2D eigenvalue weighted by Crippen LogP contribution is -2.25. The minimum Gasteiger partial charge on any atom is -0.472 e. The maximum atomic E-state index is 12.7. The Bertz CT molecular complexity index is 1070. The van der Waals surface area contributed by atoms with Gasteiger partial charge >= 0.3 is 6.18 Å². The molecule has 32 heavy (non-hydrogen) atoms. The number of pyridine rings is 1. The molecule has 1 aliphatic rings. The SMILES string of the molecule is CCc1ccccc1-c1ccc(CO)c(N2CC[C@H](Oc3ccc(C(F)(F)F)cn3)C2)c1. The van der Waals surface area contributed by atoms with E-state index in [0.29, 0.717) is 13.0 Å². The summed E-state index contributed by atoms with van der Waals surface area (Å²) in [5.41, 5.74) is 4.49. The summed E-state index contributed by atoms with van der Waals surface area (Å²) >= 11 is 0. The van der Waals surface area contributed by atoms with Gasteiger partial charge in [-0.25, -0.2) is 4.98 Å². The number of anilines is 1. The Morgan fingerprint density at radius 1 is 1.09 bits per heavy atom. The first-order valence-corrected chi connectivity index (χ1v) is 10.7. The fraction of sp³-hybridized carbons (Fsp3) is 0.320. The fourth-order valence-corrected chi connectivity index (χ4v) is 4.10. The molecule has 4 rings (SSSR count). The summed E-state index contributed by atoms with van der Waals surface area (Å²) in [5, 5.41) is 9.87. The Kier molecular flexibility index (Phi) is 6.37. The highest BCUT2D eigenvalue weighted by atomic mass is 19.4. The van der Waals surface area contributed by atoms with Crippen LogP contribution in [0.5, 0.6) is 5.88 Å². The van der Waals surface area contributed by atoms with Gasteiger partial charge in [0.05, 0.1) is 18.7 Å². The molecule has 0 spiro atoms. The molecule has 2 aromatic carbocycles. The standard InChI is InChI=1S/C25H25F3N2O2/c1-2-17-5-3-4-6-22(17)18-7-8-19(16-31)23(13-18)30-12-11-21(15-30)32-24-10-9-20(14-29-24)25(26,27)28/h3-10,13-14,21,31H,2,11-12,15-16H2,1H3/t21-/m0/s1. The zero-order chi connectivity index (χ0) is 22.7. The Hall–Kier alpha value is -3.06. The van der Waals surface area contributed by atoms with Crippen molar-refractivity contribution in [2.45, 2.75) is 38.7 Å². The van der Waals surface area contributed by atoms with Crippen molar-refractivity contribution in [2.75, 3.05) is 18.0 Å². The van der Waals surface area contributed by atoms with E-state index < -0.39 is 11.7 Å². The van der Waals surface area contributed by atoms with Crippen LogP contribution in [0.3, 0.4) is 0 Å². The first-order chi connectivity index (χ1) is 15.4. The molecule has 7 heteroatoms. The summed E-state index contributed by atoms with van der Waals surface area (Å²) in [6, 6.07) is 16.6. The highest BCUT2D eigenvalue weighted by Gasteiger charge is 2.31. The van der Waals surface area contributed by atoms with E-state index >= 15 is 0 Å². The van der Waals surface area contributed by atoms with Gasteiger partial charge in [-0.05, 0) is 35.2 Å². The molecule has 1 atom stereocenters. The summed E-state index contributed by atoms with van der Waals surface area (Å²) in [7, 11) is 0. The normalized spacial score (nSPS) is 16.4. The Morgan fingerprint density at radius 2 is 1.91 bits per heavy atom. The monoisotopic (exact) mass is 442 g/mol. The number of aliphatic hydroxyl groups excluding tert-OH is 1. The zero-order valence-corrected chi connectivity index (χ0v) is 17.8. The number of hydrogen-bond acceptors (Lipinski definition) is 4. The van der Waals surface area contributed by atoms with Crippen molar-refractivity contribution in [2.24, 2.45) is 0 Å². The van der Waals surface area contributed by atoms with Crippen molar-refractivity contribution in [1.82, 2.24) is 4.98 Å². The van der Waals surface area contributed by atoms with Crippen LogP contribution in [0.25, 0.3) is 11.1 Å². The molecule has 0 unspecified atom stereocenters. The molecule has 168 valence electrons. The third kappa shape index (κ3) is 4.72. The van der Waals surface area contributed by atoms with Gasteiger partial charge in [-0.2, -0.15) is 13.2 Å². The van der Waals surface area contributed by atoms with E-state index in [1.165, 1.54) is 17.2 Å². The molecule has 0 aliphatic carbocycles. The molecule has 1 saturated heterocycles. The first kappa shape index (κ1) is 22.1. The number of nitrogens with zero attached hydrogens (tertiary/aromatic N) is 2. The molecular formula is C25H25F3N2O2. The van der Waals surface area contributed by atoms with Crippen LogP contribution in [0.4, 0.5) is 18.9 Å². The van der Waals surface area contributed by atoms with Gasteiger partial charge in [0, 0.05) is 36.5 Å². The number of alkyl halides is 3. The van der Waals surface area contributed by atoms with E-state index in [-0.39, 0.29) is 18.6 Å². The van der Waals surface area contributed by atoms with Gasteiger partial charge in [-0.3, -0.25) is 0 Å². The molecule has 2 heterocycles. The van der Waals surface area contributed by atoms with Gasteiger partial charge in [-0.1, -0.05) is 43.3 Å². The fourth-order valence-electron chi connectivity index (χ4n) is 4.10. The molecular weight excluding hydrogens is 417 g/mol. The number of aryl methyl sites for hydroxylation is 1. The van der Waals surface area contributed by atoms with E-state index in [2.05, 4.69) is 35.0 Å². The number of halogens is 3. The highest BCUT2D eigenvalue weighted by Crippen LogP contribution is 2.33. The number of aliphatic hydroxyl groups is 1. The van der Waals surface area contributed by atoms with Gasteiger partial charge in [0.1, 0.15) is 6.10 Å². The maximum Gasteiger partial charge on any atom is 0.417 e. The lowest BCUT2D eigenvalue weighted by molar-refractivity contribution is -0.137. The van der Waals surface area contributed by atoms with E-state index in [9.17, 15) is 18.3 Å². The van der Waals surface area contributed by atoms with Crippen molar-refractivity contribution in [3.8, 4) is 17.0 Å². The molecule has 0 bridgehead atoms. The van der Waals surface area contributed by atoms with Crippen LogP contribution in [0.2, 0.25) is 0 Å². The van der Waals surface area contributed by atoms with Crippen LogP contribution in [-0.4, -0.2) is 29.3 Å². The number of aromatic nitrogens is 1. The molecule has 0 amide bonds. The van der Waals surface area contributed by atoms with Gasteiger partial charge in [-0.15, -0.1) is 0 Å². The molecule has 1 fully saturated rings. The van der Waals surface area contributed by atoms with Crippen molar-refractivity contribution in [3.63, 3.8) is 0 Å². The van der Waals surface area contributed by atoms with Gasteiger partial charge in [0.2, 0.25) is 5.88 Å². The summed E-state index contributed by atoms with van der Waals surface area (Å²) in [4.78, 5) is 5.96. The van der Waals surface area contributed by atoms with Gasteiger partial charge in [0.25, 0.3) is 0 Å². The third-order valence-corrected chi connectivity index (χ3v) is 5.80. The summed E-state index contributed by atoms with van der Waals surface area (Å²) in [5.74, 6) is 0.179. The van der Waals surface area contributed by atoms with E-state index in [4.69, 9.17) is 4.74 Å². The van der Waals surface area contributed by atoms with Crippen LogP contribution in [0, 0.1) is 0 Å². The quantitative estimate of drug-likeness (QED) is 0.549. The summed E-state index contributed by atoms with van der Waals surface area (Å²) < 4.78 is 44.0. The molecule has 1 aromatic heterocycles. The topological polar surface area (TPSA) is 45.6 Å². The minimum atomic E-state index is -4.42. The Labute approximate surface area is 185 Å². The largest absolute Gasteiger partial charge is 0.472 e. The van der Waals surface area contributed by atoms with Crippen LogP contribution >= 0.6 is 0 Å². The molecule has 1 N–H and O–H groups in total. The average molecular weight is 442 g/mol. The molecule has 1 aliphatic heterocycles. The smallest absolute Gasteiger partial charge is 0.417 e. The van der Waals surface area contributed by atoms with Crippen molar-refractivity contribution >= 4 is 5.69 Å². The Morgan fingerprint density at radius 3 is 2.59 bits per heavy atom. The maximum absolute atomic E-state index is 12.7. The average Bonchev–Trinajstić information content (AvgIpc) is 3.26. The highest BCUT2D eigenvalue weighted by molar-refractivity contribution is 5.73. The van der Waals surface area contributed by atoms with Crippen molar-refractivity contribution < 1.29 is 23.0 Å². The van der Waals surface area contributed by atoms with E-state index in [1.807, 2.05) is 24.3 Å². The van der Waals surface area contributed by atoms with E-state index in [0.717, 1.165) is 42.0 Å². The van der Waals surface area contributed by atoms with E-state index in [1.54, 1.807) is 0 Å². The summed E-state index contributed by atoms with van der Waals surface area (Å²) in [6.45, 7) is 3.33. The third-order valence-electron chi connectivity index (χ3n) is 5.80. The number of hydrogen-bond donors (Lipinski definition) is 1. The van der Waals surface area contributed by atoms with Crippen molar-refractivity contribution in [3.05, 3.63) is 77.5 Å². The van der Waals surface area contributed by atoms with Crippen LogP contribution in [-0.2, 0) is 19.2 Å². The molecule has 0 saturated carbocycles. The second-order valence-corrected chi connectivity index (χ2v) is 7.87.